The van der Waals surface area contributed by atoms with Gasteiger partial charge in [-0.3, -0.25) is 5.41 Å². The van der Waals surface area contributed by atoms with Crippen molar-refractivity contribution in [1.29, 1.82) is 10.7 Å². The third-order valence-electron chi connectivity index (χ3n) is 0.411. The molecule has 4 heteroatoms. The van der Waals surface area contributed by atoms with Gasteiger partial charge in [0.2, 0.25) is 0 Å². The lowest BCUT2D eigenvalue weighted by atomic mass is 10.5. The molecule has 0 bridgehead atoms. The summed E-state index contributed by atoms with van der Waals surface area (Å²) in [5.74, 6) is 0. The van der Waals surface area contributed by atoms with Crippen molar-refractivity contribution in [3.63, 3.8) is 0 Å². The number of allylic oxidation sites excluding steroid dienone is 2. The molecule has 8 heavy (non-hydrogen) atoms. The molecule has 0 heterocycles. The molecule has 0 aliphatic rings. The maximum absolute atomic E-state index is 7.99. The molecule has 0 saturated carbocycles. The van der Waals surface area contributed by atoms with E-state index in [1.807, 2.05) is 0 Å². The Hall–Kier alpha value is -1.01. The summed E-state index contributed by atoms with van der Waals surface area (Å²) in [5, 5.41) is 14.3. The fourth-order valence-electron chi connectivity index (χ4n) is 0.169. The summed E-state index contributed by atoms with van der Waals surface area (Å²) in [4.78, 5) is 0. The third-order valence-corrected chi connectivity index (χ3v) is 0.520. The topological polar surface area (TPSA) is 73.7 Å². The van der Waals surface area contributed by atoms with Crippen molar-refractivity contribution >= 4 is 16.8 Å². The average Bonchev–Trinajstić information content (AvgIpc) is 1.65. The van der Waals surface area contributed by atoms with Crippen LogP contribution in [0.25, 0.3) is 0 Å². The van der Waals surface area contributed by atoms with Crippen molar-refractivity contribution in [3.05, 3.63) is 11.8 Å². The number of nitrogens with two attached hydrogens (primary N) is 1. The van der Waals surface area contributed by atoms with E-state index in [-0.39, 0.29) is 10.9 Å². The minimum Gasteiger partial charge on any atom is -0.390 e. The number of nitriles is 1. The van der Waals surface area contributed by atoms with E-state index in [2.05, 4.69) is 0 Å². The number of nitrogens with one attached hydrogen (secondary N) is 1. The molecule has 0 aromatic heterocycles. The molecule has 0 fully saturated rings. The van der Waals surface area contributed by atoms with Crippen LogP contribution in [0.4, 0.5) is 0 Å². The fourth-order valence-corrected chi connectivity index (χ4v) is 0.286. The summed E-state index contributed by atoms with van der Waals surface area (Å²) < 4.78 is 0. The zero-order chi connectivity index (χ0) is 6.57. The first-order valence-corrected chi connectivity index (χ1v) is 2.16. The van der Waals surface area contributed by atoms with E-state index < -0.39 is 0 Å². The van der Waals surface area contributed by atoms with Crippen LogP contribution in [-0.4, -0.2) is 5.17 Å². The van der Waals surface area contributed by atoms with Gasteiger partial charge < -0.3 is 5.73 Å². The van der Waals surface area contributed by atoms with E-state index in [1.54, 1.807) is 6.07 Å². The first-order valence-electron chi connectivity index (χ1n) is 1.78. The third kappa shape index (κ3) is 3.19. The van der Waals surface area contributed by atoms with E-state index >= 15 is 0 Å². The first kappa shape index (κ1) is 6.99. The molecule has 0 aromatic rings. The van der Waals surface area contributed by atoms with Crippen molar-refractivity contribution in [1.82, 2.24) is 0 Å². The van der Waals surface area contributed by atoms with Gasteiger partial charge in [-0.1, -0.05) is 11.6 Å². The van der Waals surface area contributed by atoms with Crippen LogP contribution in [0, 0.1) is 16.7 Å². The molecule has 0 radical (unpaired) electrons. The van der Waals surface area contributed by atoms with E-state index in [4.69, 9.17) is 28.0 Å². The van der Waals surface area contributed by atoms with E-state index in [0.717, 1.165) is 6.08 Å². The Balaban J connectivity index is 4.01. The first-order chi connectivity index (χ1) is 3.66. The second kappa shape index (κ2) is 3.05. The average molecular weight is 130 g/mol. The van der Waals surface area contributed by atoms with Gasteiger partial charge in [0.25, 0.3) is 0 Å². The molecule has 0 aliphatic carbocycles. The van der Waals surface area contributed by atoms with Crippen LogP contribution in [0.3, 0.4) is 0 Å². The standard InChI is InChI=1S/C4H4ClN3/c5-4(8)1-3(7)2-6/h1,8H,7H2. The summed E-state index contributed by atoms with van der Waals surface area (Å²) in [7, 11) is 0. The number of halogens is 1. The van der Waals surface area contributed by atoms with Gasteiger partial charge in [0.1, 0.15) is 16.9 Å². The van der Waals surface area contributed by atoms with Gasteiger partial charge in [0, 0.05) is 6.08 Å². The molecule has 0 saturated heterocycles. The molecular formula is C4H4ClN3. The highest BCUT2D eigenvalue weighted by molar-refractivity contribution is 6.67. The van der Waals surface area contributed by atoms with E-state index in [0.29, 0.717) is 0 Å². The summed E-state index contributed by atoms with van der Waals surface area (Å²) in [6.45, 7) is 0. The summed E-state index contributed by atoms with van der Waals surface area (Å²) in [6.07, 6.45) is 1.07. The molecule has 0 atom stereocenters. The van der Waals surface area contributed by atoms with Crippen molar-refractivity contribution in [3.8, 4) is 6.07 Å². The molecular weight excluding hydrogens is 126 g/mol. The molecule has 0 rings (SSSR count). The van der Waals surface area contributed by atoms with Crippen LogP contribution in [0.5, 0.6) is 0 Å². The van der Waals surface area contributed by atoms with Crippen LogP contribution in [0.1, 0.15) is 0 Å². The van der Waals surface area contributed by atoms with Gasteiger partial charge >= 0.3 is 0 Å². The van der Waals surface area contributed by atoms with Crippen molar-refractivity contribution in [2.75, 3.05) is 0 Å². The van der Waals surface area contributed by atoms with E-state index in [1.165, 1.54) is 0 Å². The fraction of sp³-hybridized carbons (Fsp3) is 0. The quantitative estimate of drug-likeness (QED) is 0.401. The van der Waals surface area contributed by atoms with Gasteiger partial charge in [-0.15, -0.1) is 0 Å². The predicted octanol–water partition coefficient (Wildman–Crippen LogP) is 0.569. The van der Waals surface area contributed by atoms with E-state index in [9.17, 15) is 0 Å². The van der Waals surface area contributed by atoms with Gasteiger partial charge in [-0.05, 0) is 0 Å². The highest BCUT2D eigenvalue weighted by Crippen LogP contribution is 1.85. The minimum absolute atomic E-state index is 0.0509. The van der Waals surface area contributed by atoms with Crippen LogP contribution < -0.4 is 5.73 Å². The van der Waals surface area contributed by atoms with Gasteiger partial charge in [-0.2, -0.15) is 5.26 Å². The SMILES string of the molecule is N#CC(N)=CC(=N)Cl. The van der Waals surface area contributed by atoms with Gasteiger partial charge in [-0.25, -0.2) is 0 Å². The Morgan fingerprint density at radius 3 is 2.50 bits per heavy atom. The second-order valence-electron chi connectivity index (χ2n) is 1.06. The normalized spacial score (nSPS) is 10.2. The monoisotopic (exact) mass is 129 g/mol. The summed E-state index contributed by atoms with van der Waals surface area (Å²) in [5.41, 5.74) is 4.90. The molecule has 3 N–H and O–H groups in total. The van der Waals surface area contributed by atoms with Gasteiger partial charge in [0.15, 0.2) is 0 Å². The number of hydrogen-bond acceptors (Lipinski definition) is 3. The second-order valence-corrected chi connectivity index (χ2v) is 1.47. The van der Waals surface area contributed by atoms with Crippen molar-refractivity contribution in [2.24, 2.45) is 5.73 Å². The molecule has 42 valence electrons. The number of rotatable bonds is 1. The number of hydrogen-bond donors (Lipinski definition) is 2. The zero-order valence-electron chi connectivity index (χ0n) is 3.98. The van der Waals surface area contributed by atoms with Crippen LogP contribution >= 0.6 is 11.6 Å². The Labute approximate surface area is 51.9 Å². The lowest BCUT2D eigenvalue weighted by Crippen LogP contribution is -1.94. The molecule has 0 amide bonds. The van der Waals surface area contributed by atoms with Crippen LogP contribution in [0.15, 0.2) is 11.8 Å². The highest BCUT2D eigenvalue weighted by atomic mass is 35.5. The Kier molecular flexibility index (Phi) is 2.67. The Morgan fingerprint density at radius 2 is 2.38 bits per heavy atom. The Bertz CT molecular complexity index is 165. The maximum Gasteiger partial charge on any atom is 0.123 e. The van der Waals surface area contributed by atoms with Crippen LogP contribution in [0.2, 0.25) is 0 Å². The summed E-state index contributed by atoms with van der Waals surface area (Å²) in [6, 6.07) is 1.61. The molecule has 0 unspecified atom stereocenters. The minimum atomic E-state index is -0.232. The molecule has 3 nitrogen and oxygen atoms in total. The van der Waals surface area contributed by atoms with Crippen LogP contribution in [-0.2, 0) is 0 Å². The zero-order valence-corrected chi connectivity index (χ0v) is 4.74. The predicted molar refractivity (Wildman–Crippen MR) is 31.5 cm³/mol. The summed E-state index contributed by atoms with van der Waals surface area (Å²) >= 11 is 5.03. The lowest BCUT2D eigenvalue weighted by Gasteiger charge is -1.80. The highest BCUT2D eigenvalue weighted by Gasteiger charge is 1.84. The van der Waals surface area contributed by atoms with Crippen molar-refractivity contribution < 1.29 is 0 Å². The van der Waals surface area contributed by atoms with Gasteiger partial charge in [0.05, 0.1) is 0 Å². The van der Waals surface area contributed by atoms with Crippen molar-refractivity contribution in [2.45, 2.75) is 0 Å². The maximum atomic E-state index is 7.99. The number of nitrogens with zero attached hydrogens (tertiary/aromatic N) is 1. The molecule has 0 spiro atoms. The molecule has 0 aromatic carbocycles. The lowest BCUT2D eigenvalue weighted by molar-refractivity contribution is 1.39. The molecule has 0 aliphatic heterocycles. The largest absolute Gasteiger partial charge is 0.390 e. The smallest absolute Gasteiger partial charge is 0.123 e. The Morgan fingerprint density at radius 1 is 1.88 bits per heavy atom.